The number of aryl methyl sites for hydroxylation is 1. The van der Waals surface area contributed by atoms with E-state index in [4.69, 9.17) is 4.74 Å². The van der Waals surface area contributed by atoms with Gasteiger partial charge in [-0.3, -0.25) is 0 Å². The van der Waals surface area contributed by atoms with E-state index in [0.29, 0.717) is 29.2 Å². The maximum absolute atomic E-state index is 15.2. The first-order chi connectivity index (χ1) is 17.5. The van der Waals surface area contributed by atoms with Crippen LogP contribution in [0.4, 0.5) is 13.2 Å². The minimum absolute atomic E-state index is 0.0804. The van der Waals surface area contributed by atoms with Crippen molar-refractivity contribution < 1.29 is 17.9 Å². The Balaban J connectivity index is 1.28. The van der Waals surface area contributed by atoms with Gasteiger partial charge < -0.3 is 4.74 Å². The van der Waals surface area contributed by atoms with Crippen LogP contribution >= 0.6 is 0 Å². The monoisotopic (exact) mass is 500 g/mol. The quantitative estimate of drug-likeness (QED) is 0.295. The molecule has 2 aromatic rings. The summed E-state index contributed by atoms with van der Waals surface area (Å²) >= 11 is 0. The summed E-state index contributed by atoms with van der Waals surface area (Å²) in [4.78, 5) is 0. The molecular formula is C32H43F3O. The molecule has 0 aliphatic heterocycles. The normalized spacial score (nSPS) is 24.6. The fraction of sp³-hybridized carbons (Fsp3) is 0.625. The van der Waals surface area contributed by atoms with Crippen LogP contribution < -0.4 is 4.74 Å². The Morgan fingerprint density at radius 3 is 1.78 bits per heavy atom. The van der Waals surface area contributed by atoms with Crippen molar-refractivity contribution in [3.8, 4) is 5.75 Å². The Hall–Kier alpha value is -1.97. The molecule has 0 bridgehead atoms. The van der Waals surface area contributed by atoms with Gasteiger partial charge in [0.05, 0.1) is 7.11 Å². The minimum atomic E-state index is -0.610. The zero-order valence-electron chi connectivity index (χ0n) is 22.1. The maximum atomic E-state index is 15.2. The van der Waals surface area contributed by atoms with Crippen molar-refractivity contribution in [2.45, 2.75) is 109 Å². The van der Waals surface area contributed by atoms with Gasteiger partial charge in [-0.05, 0) is 111 Å². The molecular weight excluding hydrogens is 457 g/mol. The van der Waals surface area contributed by atoms with Crippen LogP contribution in [0.15, 0.2) is 30.3 Å². The van der Waals surface area contributed by atoms with E-state index in [0.717, 1.165) is 69.3 Å². The Morgan fingerprint density at radius 1 is 0.722 bits per heavy atom. The van der Waals surface area contributed by atoms with Gasteiger partial charge in [0, 0.05) is 6.07 Å². The molecule has 0 spiro atoms. The van der Waals surface area contributed by atoms with E-state index >= 15 is 8.78 Å². The zero-order chi connectivity index (χ0) is 25.5. The highest BCUT2D eigenvalue weighted by Crippen LogP contribution is 2.42. The van der Waals surface area contributed by atoms with Gasteiger partial charge in [0.1, 0.15) is 11.6 Å². The average molecular weight is 501 g/mol. The standard InChI is InChI=1S/C32H43F3O/c1-3-4-5-6-22-7-12-24(13-8-22)28-19-20-29(32(35)31(28)34)25-14-9-23(10-15-25)11-16-26-17-18-27(36-2)21-30(26)33/h17-25H,3-16H2,1-2H3. The van der Waals surface area contributed by atoms with Crippen molar-refractivity contribution in [3.05, 3.63) is 64.5 Å². The molecule has 4 rings (SSSR count). The van der Waals surface area contributed by atoms with Gasteiger partial charge in [0.2, 0.25) is 0 Å². The molecule has 2 saturated carbocycles. The minimum Gasteiger partial charge on any atom is -0.497 e. The molecule has 0 unspecified atom stereocenters. The molecule has 0 aromatic heterocycles. The Labute approximate surface area is 215 Å². The van der Waals surface area contributed by atoms with Gasteiger partial charge in [-0.25, -0.2) is 13.2 Å². The molecule has 0 heterocycles. The van der Waals surface area contributed by atoms with E-state index in [1.165, 1.54) is 38.9 Å². The topological polar surface area (TPSA) is 9.23 Å². The smallest absolute Gasteiger partial charge is 0.162 e. The third kappa shape index (κ3) is 6.66. The van der Waals surface area contributed by atoms with Crippen molar-refractivity contribution in [1.82, 2.24) is 0 Å². The second-order valence-electron chi connectivity index (χ2n) is 11.3. The van der Waals surface area contributed by atoms with Crippen LogP contribution in [0.1, 0.15) is 119 Å². The Bertz CT molecular complexity index is 972. The van der Waals surface area contributed by atoms with E-state index in [9.17, 15) is 4.39 Å². The van der Waals surface area contributed by atoms with Crippen molar-refractivity contribution in [1.29, 1.82) is 0 Å². The molecule has 4 heteroatoms. The van der Waals surface area contributed by atoms with Crippen LogP contribution in [0.2, 0.25) is 0 Å². The predicted octanol–water partition coefficient (Wildman–Crippen LogP) is 9.87. The lowest BCUT2D eigenvalue weighted by molar-refractivity contribution is 0.294. The summed E-state index contributed by atoms with van der Waals surface area (Å²) in [6, 6.07) is 8.80. The third-order valence-corrected chi connectivity index (χ3v) is 9.01. The fourth-order valence-corrected chi connectivity index (χ4v) is 6.63. The van der Waals surface area contributed by atoms with E-state index in [2.05, 4.69) is 6.92 Å². The molecule has 2 aliphatic carbocycles. The SMILES string of the molecule is CCCCCC1CCC(c2ccc(C3CCC(CCc4ccc(OC)cc4F)CC3)c(F)c2F)CC1. The number of methoxy groups -OCH3 is 1. The molecule has 0 atom stereocenters. The van der Waals surface area contributed by atoms with Gasteiger partial charge in [0.15, 0.2) is 11.6 Å². The fourth-order valence-electron chi connectivity index (χ4n) is 6.63. The van der Waals surface area contributed by atoms with Crippen molar-refractivity contribution in [2.75, 3.05) is 7.11 Å². The van der Waals surface area contributed by atoms with Gasteiger partial charge >= 0.3 is 0 Å². The van der Waals surface area contributed by atoms with Crippen molar-refractivity contribution >= 4 is 0 Å². The summed E-state index contributed by atoms with van der Waals surface area (Å²) in [6.07, 6.45) is 14.7. The molecule has 0 amide bonds. The average Bonchev–Trinajstić information content (AvgIpc) is 2.90. The largest absolute Gasteiger partial charge is 0.497 e. The highest BCUT2D eigenvalue weighted by atomic mass is 19.2. The number of unbranched alkanes of at least 4 members (excludes halogenated alkanes) is 2. The highest BCUT2D eigenvalue weighted by molar-refractivity contribution is 5.32. The van der Waals surface area contributed by atoms with E-state index in [1.807, 2.05) is 12.1 Å². The first kappa shape index (κ1) is 27.1. The summed E-state index contributed by atoms with van der Waals surface area (Å²) in [5.74, 6) is 0.610. The summed E-state index contributed by atoms with van der Waals surface area (Å²) < 4.78 is 49.8. The molecule has 0 N–H and O–H groups in total. The zero-order valence-corrected chi connectivity index (χ0v) is 22.1. The molecule has 0 radical (unpaired) electrons. The van der Waals surface area contributed by atoms with Crippen LogP contribution in [0.3, 0.4) is 0 Å². The predicted molar refractivity (Wildman–Crippen MR) is 141 cm³/mol. The number of halogens is 3. The maximum Gasteiger partial charge on any atom is 0.162 e. The van der Waals surface area contributed by atoms with Gasteiger partial charge in [-0.2, -0.15) is 0 Å². The highest BCUT2D eigenvalue weighted by Gasteiger charge is 2.29. The Kier molecular flexibility index (Phi) is 9.79. The molecule has 198 valence electrons. The molecule has 2 aliphatic rings. The summed E-state index contributed by atoms with van der Waals surface area (Å²) in [5.41, 5.74) is 1.87. The van der Waals surface area contributed by atoms with Crippen LogP contribution in [-0.2, 0) is 6.42 Å². The van der Waals surface area contributed by atoms with Crippen molar-refractivity contribution in [3.63, 3.8) is 0 Å². The van der Waals surface area contributed by atoms with Gasteiger partial charge in [-0.1, -0.05) is 50.8 Å². The molecule has 1 nitrogen and oxygen atoms in total. The lowest BCUT2D eigenvalue weighted by Crippen LogP contribution is -2.18. The van der Waals surface area contributed by atoms with Crippen molar-refractivity contribution in [2.24, 2.45) is 11.8 Å². The van der Waals surface area contributed by atoms with E-state index in [1.54, 1.807) is 12.1 Å². The van der Waals surface area contributed by atoms with Crippen LogP contribution in [0.5, 0.6) is 5.75 Å². The molecule has 0 saturated heterocycles. The number of rotatable bonds is 10. The molecule has 2 fully saturated rings. The lowest BCUT2D eigenvalue weighted by atomic mass is 9.75. The number of hydrogen-bond donors (Lipinski definition) is 0. The first-order valence-corrected chi connectivity index (χ1v) is 14.3. The van der Waals surface area contributed by atoms with Gasteiger partial charge in [0.25, 0.3) is 0 Å². The lowest BCUT2D eigenvalue weighted by Gasteiger charge is -2.31. The summed E-state index contributed by atoms with van der Waals surface area (Å²) in [5, 5.41) is 0. The van der Waals surface area contributed by atoms with Crippen LogP contribution in [0.25, 0.3) is 0 Å². The van der Waals surface area contributed by atoms with Gasteiger partial charge in [-0.15, -0.1) is 0 Å². The molecule has 36 heavy (non-hydrogen) atoms. The summed E-state index contributed by atoms with van der Waals surface area (Å²) in [6.45, 7) is 2.23. The first-order valence-electron chi connectivity index (χ1n) is 14.3. The van der Waals surface area contributed by atoms with Crippen LogP contribution in [-0.4, -0.2) is 7.11 Å². The number of ether oxygens (including phenoxy) is 1. The van der Waals surface area contributed by atoms with E-state index in [-0.39, 0.29) is 17.7 Å². The van der Waals surface area contributed by atoms with E-state index < -0.39 is 11.6 Å². The van der Waals surface area contributed by atoms with Crippen LogP contribution in [0, 0.1) is 29.3 Å². The Morgan fingerprint density at radius 2 is 1.28 bits per heavy atom. The second kappa shape index (κ2) is 13.0. The second-order valence-corrected chi connectivity index (χ2v) is 11.3. The third-order valence-electron chi connectivity index (χ3n) is 9.01. The number of benzene rings is 2. The number of hydrogen-bond acceptors (Lipinski definition) is 1. The summed E-state index contributed by atoms with van der Waals surface area (Å²) in [7, 11) is 1.54. The molecule has 2 aromatic carbocycles.